The second kappa shape index (κ2) is 4.50. The first-order valence-corrected chi connectivity index (χ1v) is 5.45. The van der Waals surface area contributed by atoms with Crippen LogP contribution in [0.25, 0.3) is 0 Å². The Morgan fingerprint density at radius 3 is 2.53 bits per heavy atom. The fourth-order valence-corrected chi connectivity index (χ4v) is 1.77. The van der Waals surface area contributed by atoms with Crippen LogP contribution < -0.4 is 0 Å². The molecule has 0 radical (unpaired) electrons. The van der Waals surface area contributed by atoms with Gasteiger partial charge in [0.05, 0.1) is 0 Å². The molecule has 2 heteroatoms. The minimum Gasteiger partial charge on any atom is -0.289 e. The van der Waals surface area contributed by atoms with Gasteiger partial charge in [0.15, 0.2) is 5.78 Å². The van der Waals surface area contributed by atoms with E-state index in [1.165, 1.54) is 12.1 Å². The van der Waals surface area contributed by atoms with Gasteiger partial charge in [0.25, 0.3) is 0 Å². The van der Waals surface area contributed by atoms with Gasteiger partial charge in [-0.2, -0.15) is 0 Å². The molecule has 2 rings (SSSR count). The highest BCUT2D eigenvalue weighted by Gasteiger charge is 2.12. The molecule has 0 aliphatic carbocycles. The van der Waals surface area contributed by atoms with Crippen molar-refractivity contribution in [3.05, 3.63) is 70.5 Å². The van der Waals surface area contributed by atoms with Crippen molar-refractivity contribution >= 4 is 5.78 Å². The van der Waals surface area contributed by atoms with Gasteiger partial charge in [-0.1, -0.05) is 29.8 Å². The second-order valence-electron chi connectivity index (χ2n) is 4.16. The predicted molar refractivity (Wildman–Crippen MR) is 65.7 cm³/mol. The number of hydrogen-bond donors (Lipinski definition) is 0. The third-order valence-electron chi connectivity index (χ3n) is 2.72. The van der Waals surface area contributed by atoms with Crippen LogP contribution in [0.4, 0.5) is 4.39 Å². The van der Waals surface area contributed by atoms with Crippen LogP contribution in [-0.4, -0.2) is 5.78 Å². The van der Waals surface area contributed by atoms with Crippen molar-refractivity contribution < 1.29 is 9.18 Å². The number of benzene rings is 2. The maximum atomic E-state index is 13.1. The summed E-state index contributed by atoms with van der Waals surface area (Å²) in [4.78, 5) is 12.2. The van der Waals surface area contributed by atoms with Crippen LogP contribution in [0.15, 0.2) is 42.5 Å². The summed E-state index contributed by atoms with van der Waals surface area (Å²) >= 11 is 0. The average Bonchev–Trinajstić information content (AvgIpc) is 2.31. The van der Waals surface area contributed by atoms with Crippen molar-refractivity contribution in [3.63, 3.8) is 0 Å². The van der Waals surface area contributed by atoms with Crippen LogP contribution in [-0.2, 0) is 0 Å². The van der Waals surface area contributed by atoms with E-state index in [2.05, 4.69) is 0 Å². The Hall–Kier alpha value is -1.96. The molecule has 0 saturated heterocycles. The van der Waals surface area contributed by atoms with Crippen LogP contribution in [0, 0.1) is 19.7 Å². The lowest BCUT2D eigenvalue weighted by atomic mass is 9.97. The lowest BCUT2D eigenvalue weighted by Gasteiger charge is -2.06. The third kappa shape index (κ3) is 2.41. The van der Waals surface area contributed by atoms with Crippen molar-refractivity contribution in [1.82, 2.24) is 0 Å². The summed E-state index contributed by atoms with van der Waals surface area (Å²) in [7, 11) is 0. The van der Waals surface area contributed by atoms with Crippen molar-refractivity contribution in [2.45, 2.75) is 13.8 Å². The maximum absolute atomic E-state index is 13.1. The smallest absolute Gasteiger partial charge is 0.193 e. The normalized spacial score (nSPS) is 10.3. The Kier molecular flexibility index (Phi) is 3.05. The first-order valence-electron chi connectivity index (χ1n) is 5.45. The van der Waals surface area contributed by atoms with Crippen molar-refractivity contribution in [2.24, 2.45) is 0 Å². The summed E-state index contributed by atoms with van der Waals surface area (Å²) in [5.74, 6) is -0.521. The van der Waals surface area contributed by atoms with Crippen LogP contribution in [0.2, 0.25) is 0 Å². The second-order valence-corrected chi connectivity index (χ2v) is 4.16. The molecule has 0 unspecified atom stereocenters. The Morgan fingerprint density at radius 2 is 1.82 bits per heavy atom. The first-order chi connectivity index (χ1) is 8.08. The summed E-state index contributed by atoms with van der Waals surface area (Å²) in [6.45, 7) is 3.81. The molecular weight excluding hydrogens is 215 g/mol. The summed E-state index contributed by atoms with van der Waals surface area (Å²) in [6.07, 6.45) is 0. The standard InChI is InChI=1S/C15H13FO/c1-10-6-7-11(2)14(8-10)15(17)12-4-3-5-13(16)9-12/h3-9H,1-2H3. The van der Waals surface area contributed by atoms with Crippen molar-refractivity contribution in [2.75, 3.05) is 0 Å². The molecule has 2 aromatic carbocycles. The van der Waals surface area contributed by atoms with E-state index in [0.717, 1.165) is 11.1 Å². The maximum Gasteiger partial charge on any atom is 0.193 e. The number of halogens is 1. The van der Waals surface area contributed by atoms with E-state index in [9.17, 15) is 9.18 Å². The van der Waals surface area contributed by atoms with Crippen LogP contribution in [0.1, 0.15) is 27.0 Å². The molecule has 0 spiro atoms. The molecule has 0 aliphatic heterocycles. The zero-order valence-corrected chi connectivity index (χ0v) is 9.83. The van der Waals surface area contributed by atoms with Gasteiger partial charge in [-0.25, -0.2) is 4.39 Å². The third-order valence-corrected chi connectivity index (χ3v) is 2.72. The van der Waals surface area contributed by atoms with E-state index in [0.29, 0.717) is 11.1 Å². The molecule has 1 nitrogen and oxygen atoms in total. The van der Waals surface area contributed by atoms with E-state index in [-0.39, 0.29) is 11.6 Å². The lowest BCUT2D eigenvalue weighted by molar-refractivity contribution is 0.103. The minimum absolute atomic E-state index is 0.134. The van der Waals surface area contributed by atoms with E-state index in [1.54, 1.807) is 12.1 Å². The summed E-state index contributed by atoms with van der Waals surface area (Å²) in [6, 6.07) is 11.5. The van der Waals surface area contributed by atoms with Crippen molar-refractivity contribution in [1.29, 1.82) is 0 Å². The van der Waals surface area contributed by atoms with E-state index >= 15 is 0 Å². The number of hydrogen-bond acceptors (Lipinski definition) is 1. The van der Waals surface area contributed by atoms with Gasteiger partial charge in [0.2, 0.25) is 0 Å². The first kappa shape index (κ1) is 11.5. The fraction of sp³-hybridized carbons (Fsp3) is 0.133. The Bertz CT molecular complexity index is 573. The molecule has 0 N–H and O–H groups in total. The Balaban J connectivity index is 2.47. The highest BCUT2D eigenvalue weighted by Crippen LogP contribution is 2.16. The molecule has 2 aromatic rings. The van der Waals surface area contributed by atoms with Gasteiger partial charge in [-0.15, -0.1) is 0 Å². The fourth-order valence-electron chi connectivity index (χ4n) is 1.77. The monoisotopic (exact) mass is 228 g/mol. The number of carbonyl (C=O) groups excluding carboxylic acids is 1. The predicted octanol–water partition coefficient (Wildman–Crippen LogP) is 3.67. The van der Waals surface area contributed by atoms with Crippen LogP contribution in [0.3, 0.4) is 0 Å². The molecule has 0 aliphatic rings. The number of rotatable bonds is 2. The van der Waals surface area contributed by atoms with Gasteiger partial charge < -0.3 is 0 Å². The zero-order chi connectivity index (χ0) is 12.4. The Morgan fingerprint density at radius 1 is 1.06 bits per heavy atom. The minimum atomic E-state index is -0.388. The Labute approximate surface area is 99.9 Å². The highest BCUT2D eigenvalue weighted by atomic mass is 19.1. The number of carbonyl (C=O) groups is 1. The molecule has 0 bridgehead atoms. The quantitative estimate of drug-likeness (QED) is 0.717. The highest BCUT2D eigenvalue weighted by molar-refractivity contribution is 6.09. The molecule has 0 heterocycles. The van der Waals surface area contributed by atoms with Gasteiger partial charge in [0.1, 0.15) is 5.82 Å². The topological polar surface area (TPSA) is 17.1 Å². The molecule has 86 valence electrons. The summed E-state index contributed by atoms with van der Waals surface area (Å²) in [5, 5.41) is 0. The van der Waals surface area contributed by atoms with E-state index in [1.807, 2.05) is 32.0 Å². The largest absolute Gasteiger partial charge is 0.289 e. The number of aryl methyl sites for hydroxylation is 2. The van der Waals surface area contributed by atoms with Gasteiger partial charge >= 0.3 is 0 Å². The van der Waals surface area contributed by atoms with Crippen LogP contribution >= 0.6 is 0 Å². The zero-order valence-electron chi connectivity index (χ0n) is 9.83. The average molecular weight is 228 g/mol. The molecule has 0 saturated carbocycles. The lowest BCUT2D eigenvalue weighted by Crippen LogP contribution is -2.04. The molecule has 17 heavy (non-hydrogen) atoms. The molecule has 0 aromatic heterocycles. The van der Waals surface area contributed by atoms with Gasteiger partial charge in [-0.05, 0) is 37.6 Å². The molecule has 0 fully saturated rings. The molecular formula is C15H13FO. The van der Waals surface area contributed by atoms with Gasteiger partial charge in [0, 0.05) is 11.1 Å². The van der Waals surface area contributed by atoms with Gasteiger partial charge in [-0.3, -0.25) is 4.79 Å². The molecule has 0 amide bonds. The summed E-state index contributed by atoms with van der Waals surface area (Å²) in [5.41, 5.74) is 2.95. The number of ketones is 1. The van der Waals surface area contributed by atoms with E-state index in [4.69, 9.17) is 0 Å². The SMILES string of the molecule is Cc1ccc(C)c(C(=O)c2cccc(F)c2)c1. The van der Waals surface area contributed by atoms with Crippen LogP contribution in [0.5, 0.6) is 0 Å². The summed E-state index contributed by atoms with van der Waals surface area (Å²) < 4.78 is 13.1. The molecule has 0 atom stereocenters. The van der Waals surface area contributed by atoms with Crippen molar-refractivity contribution in [3.8, 4) is 0 Å². The van der Waals surface area contributed by atoms with E-state index < -0.39 is 0 Å².